The van der Waals surface area contributed by atoms with Gasteiger partial charge in [-0.1, -0.05) is 34.6 Å². The van der Waals surface area contributed by atoms with E-state index in [0.29, 0.717) is 0 Å². The first-order valence-corrected chi connectivity index (χ1v) is 12.5. The predicted octanol–water partition coefficient (Wildman–Crippen LogP) is 1.57. The second-order valence-corrected chi connectivity index (χ2v) is 12.8. The second kappa shape index (κ2) is 10.5. The van der Waals surface area contributed by atoms with Gasteiger partial charge in [0.25, 0.3) is 5.91 Å². The molecular weight excluding hydrogens is 488 g/mol. The van der Waals surface area contributed by atoms with E-state index in [1.165, 1.54) is 4.90 Å². The zero-order valence-corrected chi connectivity index (χ0v) is 22.9. The number of piperidine rings is 1. The molecule has 0 aromatic carbocycles. The number of urea groups is 1. The fraction of sp³-hybridized carbons (Fsp3) is 0.800. The molecule has 2 rings (SSSR count). The minimum absolute atomic E-state index is 0.00239. The summed E-state index contributed by atoms with van der Waals surface area (Å²) in [5, 5.41) is 7.91. The van der Waals surface area contributed by atoms with Crippen molar-refractivity contribution in [2.24, 2.45) is 28.4 Å². The summed E-state index contributed by atoms with van der Waals surface area (Å²) in [5.74, 6) is -3.94. The molecule has 2 fully saturated rings. The van der Waals surface area contributed by atoms with Crippen molar-refractivity contribution in [1.82, 2.24) is 20.9 Å². The molecule has 1 heterocycles. The van der Waals surface area contributed by atoms with Crippen LogP contribution in [0.1, 0.15) is 68.2 Å². The molecule has 2 aliphatic rings. The number of alkyl halides is 2. The van der Waals surface area contributed by atoms with Crippen LogP contribution >= 0.6 is 0 Å². The number of halogens is 2. The Morgan fingerprint density at radius 3 is 2.03 bits per heavy atom. The molecule has 210 valence electrons. The third kappa shape index (κ3) is 7.16. The van der Waals surface area contributed by atoms with Crippen molar-refractivity contribution in [2.45, 2.75) is 98.3 Å². The van der Waals surface area contributed by atoms with Crippen molar-refractivity contribution in [3.8, 4) is 0 Å². The molecular formula is C25H41F2N5O5. The van der Waals surface area contributed by atoms with Gasteiger partial charge in [0.1, 0.15) is 12.1 Å². The molecule has 12 heteroatoms. The molecule has 1 aliphatic carbocycles. The van der Waals surface area contributed by atoms with Gasteiger partial charge >= 0.3 is 6.03 Å². The molecule has 5 N–H and O–H groups in total. The molecule has 5 amide bonds. The van der Waals surface area contributed by atoms with Gasteiger partial charge in [-0.15, -0.1) is 0 Å². The lowest BCUT2D eigenvalue weighted by molar-refractivity contribution is -0.145. The maximum absolute atomic E-state index is 13.8. The molecule has 5 atom stereocenters. The van der Waals surface area contributed by atoms with Gasteiger partial charge in [-0.05, 0) is 49.9 Å². The van der Waals surface area contributed by atoms with Crippen molar-refractivity contribution in [3.05, 3.63) is 0 Å². The zero-order chi connectivity index (χ0) is 28.7. The molecule has 37 heavy (non-hydrogen) atoms. The van der Waals surface area contributed by atoms with Gasteiger partial charge in [0.15, 0.2) is 0 Å². The van der Waals surface area contributed by atoms with Crippen molar-refractivity contribution in [2.75, 3.05) is 6.54 Å². The van der Waals surface area contributed by atoms with E-state index in [2.05, 4.69) is 16.0 Å². The molecule has 0 radical (unpaired) electrons. The van der Waals surface area contributed by atoms with Gasteiger partial charge < -0.3 is 26.6 Å². The highest BCUT2D eigenvalue weighted by Gasteiger charge is 2.69. The number of carbonyl (C=O) groups is 5. The van der Waals surface area contributed by atoms with Gasteiger partial charge in [0.05, 0.1) is 6.04 Å². The summed E-state index contributed by atoms with van der Waals surface area (Å²) < 4.78 is 25.6. The summed E-state index contributed by atoms with van der Waals surface area (Å²) in [6.07, 6.45) is -3.93. The van der Waals surface area contributed by atoms with Crippen molar-refractivity contribution >= 4 is 29.5 Å². The molecule has 0 bridgehead atoms. The number of carbonyl (C=O) groups excluding carboxylic acids is 5. The summed E-state index contributed by atoms with van der Waals surface area (Å²) in [4.78, 5) is 65.0. The van der Waals surface area contributed by atoms with Crippen LogP contribution < -0.4 is 21.7 Å². The number of amides is 5. The van der Waals surface area contributed by atoms with Gasteiger partial charge in [0, 0.05) is 18.5 Å². The van der Waals surface area contributed by atoms with Crippen LogP contribution in [0.5, 0.6) is 0 Å². The van der Waals surface area contributed by atoms with E-state index in [4.69, 9.17) is 5.73 Å². The van der Waals surface area contributed by atoms with E-state index in [0.717, 1.165) is 0 Å². The lowest BCUT2D eigenvalue weighted by Gasteiger charge is -2.38. The lowest BCUT2D eigenvalue weighted by atomic mass is 9.85. The maximum Gasteiger partial charge on any atom is 0.315 e. The second-order valence-electron chi connectivity index (χ2n) is 12.8. The highest BCUT2D eigenvalue weighted by Crippen LogP contribution is 2.65. The predicted molar refractivity (Wildman–Crippen MR) is 132 cm³/mol. The monoisotopic (exact) mass is 529 g/mol. The third-order valence-electron chi connectivity index (χ3n) is 7.19. The Kier molecular flexibility index (Phi) is 8.66. The van der Waals surface area contributed by atoms with Crippen LogP contribution in [0.25, 0.3) is 0 Å². The summed E-state index contributed by atoms with van der Waals surface area (Å²) in [7, 11) is 0. The fourth-order valence-electron chi connectivity index (χ4n) is 5.13. The van der Waals surface area contributed by atoms with E-state index in [1.807, 2.05) is 13.8 Å². The molecule has 0 spiro atoms. The summed E-state index contributed by atoms with van der Waals surface area (Å²) >= 11 is 0. The highest BCUT2D eigenvalue weighted by molar-refractivity contribution is 6.37. The van der Waals surface area contributed by atoms with E-state index >= 15 is 0 Å². The number of Topliss-reactive ketones (excluding diaryl/α,β-unsaturated/α-hetero) is 1. The molecule has 3 unspecified atom stereocenters. The number of nitrogens with zero attached hydrogens (tertiary/aromatic N) is 1. The third-order valence-corrected chi connectivity index (χ3v) is 7.19. The number of likely N-dealkylation sites (tertiary alicyclic amines) is 1. The van der Waals surface area contributed by atoms with Crippen LogP contribution in [0.15, 0.2) is 0 Å². The summed E-state index contributed by atoms with van der Waals surface area (Å²) in [5.41, 5.74) is 3.55. The Morgan fingerprint density at radius 1 is 1.00 bits per heavy atom. The number of ketones is 1. The zero-order valence-electron chi connectivity index (χ0n) is 22.9. The van der Waals surface area contributed by atoms with Crippen LogP contribution in [0, 0.1) is 22.7 Å². The van der Waals surface area contributed by atoms with Gasteiger partial charge in [-0.2, -0.15) is 0 Å². The van der Waals surface area contributed by atoms with E-state index < -0.39 is 77.9 Å². The number of nitrogens with two attached hydrogens (primary N) is 1. The van der Waals surface area contributed by atoms with Crippen LogP contribution in [0.3, 0.4) is 0 Å². The van der Waals surface area contributed by atoms with Gasteiger partial charge in [0.2, 0.25) is 24.0 Å². The van der Waals surface area contributed by atoms with Crippen molar-refractivity contribution in [1.29, 1.82) is 0 Å². The number of hydrogen-bond acceptors (Lipinski definition) is 5. The Bertz CT molecular complexity index is 941. The van der Waals surface area contributed by atoms with E-state index in [9.17, 15) is 32.8 Å². The SMILES string of the molecule is CC(C)(C)NC(=O)N[C@H](C(=O)N1CC2C([C@H]1C(=O)NC(CCC(F)F)C(=O)C(N)=O)C2(C)C)C(C)(C)C. The number of primary amides is 1. The maximum atomic E-state index is 13.8. The normalized spacial score (nSPS) is 24.1. The summed E-state index contributed by atoms with van der Waals surface area (Å²) in [6.45, 7) is 14.9. The Hall–Kier alpha value is -2.79. The Morgan fingerprint density at radius 2 is 1.57 bits per heavy atom. The van der Waals surface area contributed by atoms with Crippen molar-refractivity contribution < 1.29 is 32.8 Å². The first kappa shape index (κ1) is 30.4. The Labute approximate surface area is 216 Å². The smallest absolute Gasteiger partial charge is 0.315 e. The quantitative estimate of drug-likeness (QED) is 0.334. The molecule has 0 aromatic rings. The minimum Gasteiger partial charge on any atom is -0.363 e. The highest BCUT2D eigenvalue weighted by atomic mass is 19.3. The van der Waals surface area contributed by atoms with E-state index in [-0.39, 0.29) is 23.8 Å². The average Bonchev–Trinajstić information content (AvgIpc) is 3.07. The van der Waals surface area contributed by atoms with Crippen LogP contribution in [0.4, 0.5) is 13.6 Å². The molecule has 0 aromatic heterocycles. The largest absolute Gasteiger partial charge is 0.363 e. The number of fused-ring (bicyclic) bond motifs is 1. The molecule has 1 aliphatic heterocycles. The van der Waals surface area contributed by atoms with E-state index in [1.54, 1.807) is 41.5 Å². The number of hydrogen-bond donors (Lipinski definition) is 4. The van der Waals surface area contributed by atoms with Crippen molar-refractivity contribution in [3.63, 3.8) is 0 Å². The minimum atomic E-state index is -2.74. The van der Waals surface area contributed by atoms with Crippen LogP contribution in [0.2, 0.25) is 0 Å². The standard InChI is InChI=1S/C25H41F2N5O5/c1-23(2,3)18(30-22(37)31-24(4,5)6)21(36)32-11-12-15(25(12,7)8)16(32)20(35)29-13(9-10-14(26)27)17(33)19(28)34/h12-16,18H,9-11H2,1-8H3,(H2,28,34)(H,29,35)(H2,30,31,37)/t12?,13?,15?,16-,18+/m0/s1. The molecule has 1 saturated carbocycles. The topological polar surface area (TPSA) is 151 Å². The average molecular weight is 530 g/mol. The van der Waals surface area contributed by atoms with Crippen LogP contribution in [-0.4, -0.2) is 71.1 Å². The Balaban J connectivity index is 2.32. The number of rotatable bonds is 9. The first-order valence-electron chi connectivity index (χ1n) is 12.5. The van der Waals surface area contributed by atoms with Crippen LogP contribution in [-0.2, 0) is 19.2 Å². The summed E-state index contributed by atoms with van der Waals surface area (Å²) in [6, 6.07) is -4.04. The lowest BCUT2D eigenvalue weighted by Crippen LogP contribution is -2.62. The fourth-order valence-corrected chi connectivity index (χ4v) is 5.13. The molecule has 10 nitrogen and oxygen atoms in total. The molecule has 1 saturated heterocycles. The van der Waals surface area contributed by atoms with Gasteiger partial charge in [-0.25, -0.2) is 13.6 Å². The van der Waals surface area contributed by atoms with Gasteiger partial charge in [-0.3, -0.25) is 19.2 Å². The number of nitrogens with one attached hydrogen (secondary N) is 3. The first-order chi connectivity index (χ1) is 16.7.